The predicted molar refractivity (Wildman–Crippen MR) is 116 cm³/mol. The van der Waals surface area contributed by atoms with Gasteiger partial charge in [0.25, 0.3) is 0 Å². The molecule has 162 valence electrons. The fourth-order valence-electron chi connectivity index (χ4n) is 3.74. The molecule has 1 aliphatic rings. The van der Waals surface area contributed by atoms with Gasteiger partial charge in [0.2, 0.25) is 5.89 Å². The summed E-state index contributed by atoms with van der Waals surface area (Å²) in [7, 11) is 0. The molecule has 2 heterocycles. The second-order valence-corrected chi connectivity index (χ2v) is 7.77. The number of aryl methyl sites for hydroxylation is 1. The van der Waals surface area contributed by atoms with Crippen LogP contribution in [0.4, 0.5) is 0 Å². The molecular formula is C25H27NO5. The zero-order valence-electron chi connectivity index (χ0n) is 17.9. The summed E-state index contributed by atoms with van der Waals surface area (Å²) in [4.78, 5) is 16.6. The van der Waals surface area contributed by atoms with Crippen molar-refractivity contribution in [1.29, 1.82) is 0 Å². The Balaban J connectivity index is 1.34. The predicted octanol–water partition coefficient (Wildman–Crippen LogP) is 4.49. The van der Waals surface area contributed by atoms with Crippen molar-refractivity contribution in [3.63, 3.8) is 0 Å². The van der Waals surface area contributed by atoms with Gasteiger partial charge in [0.1, 0.15) is 11.5 Å². The normalized spacial score (nSPS) is 14.6. The van der Waals surface area contributed by atoms with Gasteiger partial charge in [0.05, 0.1) is 44.0 Å². The minimum absolute atomic E-state index is 0.191. The number of oxazole rings is 1. The maximum absolute atomic E-state index is 12.0. The average Bonchev–Trinajstić information content (AvgIpc) is 3.13. The molecule has 1 fully saturated rings. The Bertz CT molecular complexity index is 1010. The molecule has 2 aromatic carbocycles. The van der Waals surface area contributed by atoms with Gasteiger partial charge in [0.15, 0.2) is 0 Å². The van der Waals surface area contributed by atoms with Gasteiger partial charge in [-0.2, -0.15) is 0 Å². The molecule has 0 spiro atoms. The van der Waals surface area contributed by atoms with Gasteiger partial charge < -0.3 is 18.6 Å². The van der Waals surface area contributed by atoms with Crippen LogP contribution >= 0.6 is 0 Å². The highest BCUT2D eigenvalue weighted by Gasteiger charge is 2.42. The minimum atomic E-state index is -0.295. The molecule has 6 nitrogen and oxygen atoms in total. The second kappa shape index (κ2) is 9.35. The highest BCUT2D eigenvalue weighted by atomic mass is 16.5. The lowest BCUT2D eigenvalue weighted by Gasteiger charge is -2.41. The summed E-state index contributed by atoms with van der Waals surface area (Å²) in [5.74, 6) is 2.03. The van der Waals surface area contributed by atoms with E-state index >= 15 is 0 Å². The highest BCUT2D eigenvalue weighted by molar-refractivity contribution is 5.72. The summed E-state index contributed by atoms with van der Waals surface area (Å²) >= 11 is 0. The van der Waals surface area contributed by atoms with E-state index in [1.54, 1.807) is 0 Å². The standard InChI is InChI=1S/C25H27NO5/c1-3-29-23(27)15-25(16-28-17-25)20-9-11-21(12-10-20)30-14-13-22-18(2)31-24(26-22)19-7-5-4-6-8-19/h4-12H,3,13-17H2,1-2H3. The lowest BCUT2D eigenvalue weighted by molar-refractivity contribution is -0.151. The van der Waals surface area contributed by atoms with Crippen molar-refractivity contribution in [2.75, 3.05) is 26.4 Å². The van der Waals surface area contributed by atoms with E-state index in [9.17, 15) is 4.79 Å². The smallest absolute Gasteiger partial charge is 0.306 e. The third kappa shape index (κ3) is 4.80. The van der Waals surface area contributed by atoms with Crippen LogP contribution in [0.15, 0.2) is 59.0 Å². The molecule has 1 saturated heterocycles. The fraction of sp³-hybridized carbons (Fsp3) is 0.360. The van der Waals surface area contributed by atoms with Crippen LogP contribution in [0.5, 0.6) is 5.75 Å². The first-order valence-electron chi connectivity index (χ1n) is 10.6. The van der Waals surface area contributed by atoms with E-state index in [4.69, 9.17) is 18.6 Å². The first-order valence-corrected chi connectivity index (χ1v) is 10.6. The van der Waals surface area contributed by atoms with Crippen molar-refractivity contribution in [2.45, 2.75) is 32.1 Å². The Morgan fingerprint density at radius 2 is 1.84 bits per heavy atom. The van der Waals surface area contributed by atoms with E-state index in [0.717, 1.165) is 28.3 Å². The fourth-order valence-corrected chi connectivity index (χ4v) is 3.74. The summed E-state index contributed by atoms with van der Waals surface area (Å²) in [5, 5.41) is 0. The van der Waals surface area contributed by atoms with Crippen molar-refractivity contribution in [3.05, 3.63) is 71.6 Å². The summed E-state index contributed by atoms with van der Waals surface area (Å²) in [6.45, 7) is 5.69. The Hall–Kier alpha value is -3.12. The summed E-state index contributed by atoms with van der Waals surface area (Å²) in [6.07, 6.45) is 0.987. The number of carbonyl (C=O) groups excluding carboxylic acids is 1. The van der Waals surface area contributed by atoms with Crippen molar-refractivity contribution in [3.8, 4) is 17.2 Å². The van der Waals surface area contributed by atoms with Gasteiger partial charge in [-0.1, -0.05) is 30.3 Å². The van der Waals surface area contributed by atoms with Gasteiger partial charge in [-0.25, -0.2) is 4.98 Å². The molecule has 31 heavy (non-hydrogen) atoms. The maximum Gasteiger partial charge on any atom is 0.306 e. The maximum atomic E-state index is 12.0. The third-order valence-electron chi connectivity index (χ3n) is 5.53. The molecule has 3 aromatic rings. The summed E-state index contributed by atoms with van der Waals surface area (Å²) in [5.41, 5.74) is 2.63. The quantitative estimate of drug-likeness (QED) is 0.474. The van der Waals surface area contributed by atoms with Gasteiger partial charge in [0, 0.05) is 12.0 Å². The van der Waals surface area contributed by atoms with Crippen LogP contribution in [0.2, 0.25) is 0 Å². The molecule has 0 bridgehead atoms. The number of rotatable bonds is 9. The monoisotopic (exact) mass is 421 g/mol. The number of benzene rings is 2. The lowest BCUT2D eigenvalue weighted by atomic mass is 9.76. The first kappa shape index (κ1) is 21.1. The zero-order chi connectivity index (χ0) is 21.7. The SMILES string of the molecule is CCOC(=O)CC1(c2ccc(OCCc3nc(-c4ccccc4)oc3C)cc2)COC1. The molecule has 0 radical (unpaired) electrons. The number of carbonyl (C=O) groups is 1. The van der Waals surface area contributed by atoms with Crippen LogP contribution in [0.25, 0.3) is 11.5 Å². The highest BCUT2D eigenvalue weighted by Crippen LogP contribution is 2.37. The molecule has 0 aliphatic carbocycles. The molecule has 0 unspecified atom stereocenters. The summed E-state index contributed by atoms with van der Waals surface area (Å²) in [6, 6.07) is 17.7. The Morgan fingerprint density at radius 1 is 1.10 bits per heavy atom. The molecule has 0 saturated carbocycles. The largest absolute Gasteiger partial charge is 0.493 e. The molecule has 6 heteroatoms. The molecule has 0 atom stereocenters. The van der Waals surface area contributed by atoms with Gasteiger partial charge >= 0.3 is 5.97 Å². The zero-order valence-corrected chi connectivity index (χ0v) is 17.9. The van der Waals surface area contributed by atoms with Crippen molar-refractivity contribution in [1.82, 2.24) is 4.98 Å². The Morgan fingerprint density at radius 3 is 2.48 bits per heavy atom. The number of nitrogens with zero attached hydrogens (tertiary/aromatic N) is 1. The molecule has 1 aliphatic heterocycles. The third-order valence-corrected chi connectivity index (χ3v) is 5.53. The van der Waals surface area contributed by atoms with Crippen molar-refractivity contribution >= 4 is 5.97 Å². The Labute approximate surface area is 182 Å². The van der Waals surface area contributed by atoms with E-state index in [2.05, 4.69) is 4.98 Å². The van der Waals surface area contributed by atoms with Gasteiger partial charge in [-0.3, -0.25) is 4.79 Å². The number of hydrogen-bond acceptors (Lipinski definition) is 6. The van der Waals surface area contributed by atoms with E-state index in [0.29, 0.717) is 45.2 Å². The van der Waals surface area contributed by atoms with Crippen molar-refractivity contribution in [2.24, 2.45) is 0 Å². The topological polar surface area (TPSA) is 70.8 Å². The number of esters is 1. The number of aromatic nitrogens is 1. The summed E-state index contributed by atoms with van der Waals surface area (Å²) < 4.78 is 22.2. The molecular weight excluding hydrogens is 394 g/mol. The molecule has 0 amide bonds. The van der Waals surface area contributed by atoms with Crippen LogP contribution in [0, 0.1) is 6.92 Å². The minimum Gasteiger partial charge on any atom is -0.493 e. The van der Waals surface area contributed by atoms with Crippen LogP contribution in [0.3, 0.4) is 0 Å². The van der Waals surface area contributed by atoms with Crippen LogP contribution in [0.1, 0.15) is 30.4 Å². The van der Waals surface area contributed by atoms with Crippen LogP contribution < -0.4 is 4.74 Å². The lowest BCUT2D eigenvalue weighted by Crippen LogP contribution is -2.48. The van der Waals surface area contributed by atoms with E-state index in [-0.39, 0.29) is 11.4 Å². The number of hydrogen-bond donors (Lipinski definition) is 0. The number of ether oxygens (including phenoxy) is 3. The van der Waals surface area contributed by atoms with Crippen LogP contribution in [-0.2, 0) is 26.1 Å². The van der Waals surface area contributed by atoms with E-state index in [1.165, 1.54) is 0 Å². The van der Waals surface area contributed by atoms with E-state index < -0.39 is 0 Å². The molecule has 4 rings (SSSR count). The van der Waals surface area contributed by atoms with Gasteiger partial charge in [-0.15, -0.1) is 0 Å². The van der Waals surface area contributed by atoms with Crippen molar-refractivity contribution < 1.29 is 23.4 Å². The van der Waals surface area contributed by atoms with Gasteiger partial charge in [-0.05, 0) is 43.7 Å². The molecule has 1 aromatic heterocycles. The Kier molecular flexibility index (Phi) is 6.37. The van der Waals surface area contributed by atoms with E-state index in [1.807, 2.05) is 68.4 Å². The average molecular weight is 421 g/mol. The first-order chi connectivity index (χ1) is 15.1. The van der Waals surface area contributed by atoms with Crippen LogP contribution in [-0.4, -0.2) is 37.4 Å². The second-order valence-electron chi connectivity index (χ2n) is 7.77. The molecule has 0 N–H and O–H groups in total.